The highest BCUT2D eigenvalue weighted by atomic mass is 19.1. The first-order valence-corrected chi connectivity index (χ1v) is 12.0. The van der Waals surface area contributed by atoms with Crippen molar-refractivity contribution < 1.29 is 18.6 Å². The van der Waals surface area contributed by atoms with Crippen LogP contribution in [-0.2, 0) is 19.6 Å². The molecule has 0 saturated heterocycles. The van der Waals surface area contributed by atoms with E-state index in [1.807, 2.05) is 79.7 Å². The van der Waals surface area contributed by atoms with E-state index in [0.29, 0.717) is 31.1 Å². The molecular weight excluding hydrogens is 453 g/mol. The molecule has 0 radical (unpaired) electrons. The number of benzene rings is 4. The van der Waals surface area contributed by atoms with Gasteiger partial charge in [0.2, 0.25) is 0 Å². The van der Waals surface area contributed by atoms with Crippen molar-refractivity contribution in [1.82, 2.24) is 0 Å². The van der Waals surface area contributed by atoms with Crippen LogP contribution < -0.4 is 19.5 Å². The lowest BCUT2D eigenvalue weighted by atomic mass is 10.0. The molecule has 36 heavy (non-hydrogen) atoms. The van der Waals surface area contributed by atoms with Crippen LogP contribution in [0.1, 0.15) is 23.6 Å². The van der Waals surface area contributed by atoms with E-state index in [1.165, 1.54) is 12.1 Å². The van der Waals surface area contributed by atoms with Gasteiger partial charge in [-0.3, -0.25) is 0 Å². The molecule has 4 rings (SSSR count). The summed E-state index contributed by atoms with van der Waals surface area (Å²) in [6.07, 6.45) is 2.46. The van der Waals surface area contributed by atoms with E-state index in [1.54, 1.807) is 6.07 Å². The molecule has 184 valence electrons. The maximum absolute atomic E-state index is 13.6. The van der Waals surface area contributed by atoms with Gasteiger partial charge in [0.25, 0.3) is 0 Å². The van der Waals surface area contributed by atoms with Crippen molar-refractivity contribution in [2.24, 2.45) is 0 Å². The van der Waals surface area contributed by atoms with Crippen molar-refractivity contribution in [2.45, 2.75) is 26.5 Å². The van der Waals surface area contributed by atoms with Gasteiger partial charge in [0.1, 0.15) is 23.9 Å². The predicted molar refractivity (Wildman–Crippen MR) is 143 cm³/mol. The number of hydrogen-bond acceptors (Lipinski definition) is 4. The Labute approximate surface area is 212 Å². The second-order valence-corrected chi connectivity index (χ2v) is 8.22. The molecule has 0 bridgehead atoms. The standard InChI is InChI=1S/C31H30FNO3/c1-3-9-25-18-24(20-30(34-4-2)31(25)35-22-23-10-8-11-26(32)19-23)21-33-27-14-16-29(17-15-27)36-28-12-6-5-7-13-28/h3,5-8,10-20,33H,1,4,9,21-22H2,2H3. The third kappa shape index (κ3) is 6.89. The molecule has 0 aliphatic heterocycles. The van der Waals surface area contributed by atoms with Crippen LogP contribution in [0.2, 0.25) is 0 Å². The minimum absolute atomic E-state index is 0.247. The molecule has 0 spiro atoms. The molecule has 5 heteroatoms. The van der Waals surface area contributed by atoms with E-state index < -0.39 is 0 Å². The summed E-state index contributed by atoms with van der Waals surface area (Å²) in [5.74, 6) is 2.62. The first kappa shape index (κ1) is 24.9. The van der Waals surface area contributed by atoms with Crippen LogP contribution in [0.3, 0.4) is 0 Å². The molecule has 4 nitrogen and oxygen atoms in total. The Morgan fingerprint density at radius 1 is 0.833 bits per heavy atom. The maximum atomic E-state index is 13.6. The molecule has 0 aliphatic rings. The van der Waals surface area contributed by atoms with E-state index in [4.69, 9.17) is 14.2 Å². The topological polar surface area (TPSA) is 39.7 Å². The first-order valence-electron chi connectivity index (χ1n) is 12.0. The SMILES string of the molecule is C=CCc1cc(CNc2ccc(Oc3ccccc3)cc2)cc(OCC)c1OCc1cccc(F)c1. The van der Waals surface area contributed by atoms with Crippen LogP contribution in [-0.4, -0.2) is 6.61 Å². The van der Waals surface area contributed by atoms with Gasteiger partial charge in [0.15, 0.2) is 11.5 Å². The molecule has 1 N–H and O–H groups in total. The Morgan fingerprint density at radius 3 is 2.33 bits per heavy atom. The van der Waals surface area contributed by atoms with Crippen LogP contribution >= 0.6 is 0 Å². The van der Waals surface area contributed by atoms with Gasteiger partial charge in [-0.05, 0) is 85.1 Å². The van der Waals surface area contributed by atoms with Gasteiger partial charge in [-0.2, -0.15) is 0 Å². The number of anilines is 1. The number of hydrogen-bond donors (Lipinski definition) is 1. The summed E-state index contributed by atoms with van der Waals surface area (Å²) in [5.41, 5.74) is 3.76. The minimum atomic E-state index is -0.284. The van der Waals surface area contributed by atoms with E-state index in [-0.39, 0.29) is 12.4 Å². The van der Waals surface area contributed by atoms with E-state index in [0.717, 1.165) is 33.9 Å². The van der Waals surface area contributed by atoms with Crippen molar-refractivity contribution in [1.29, 1.82) is 0 Å². The number of rotatable bonds is 12. The summed E-state index contributed by atoms with van der Waals surface area (Å²) in [6.45, 7) is 7.18. The maximum Gasteiger partial charge on any atom is 0.165 e. The van der Waals surface area contributed by atoms with Crippen molar-refractivity contribution in [2.75, 3.05) is 11.9 Å². The van der Waals surface area contributed by atoms with E-state index in [2.05, 4.69) is 18.0 Å². The molecule has 0 aromatic heterocycles. The fourth-order valence-corrected chi connectivity index (χ4v) is 3.81. The quantitative estimate of drug-likeness (QED) is 0.208. The normalized spacial score (nSPS) is 10.5. The zero-order chi connectivity index (χ0) is 25.2. The molecule has 0 fully saturated rings. The van der Waals surface area contributed by atoms with Crippen molar-refractivity contribution >= 4 is 5.69 Å². The monoisotopic (exact) mass is 483 g/mol. The van der Waals surface area contributed by atoms with Gasteiger partial charge in [0, 0.05) is 17.8 Å². The average Bonchev–Trinajstić information content (AvgIpc) is 2.89. The molecule has 0 saturated carbocycles. The molecule has 0 atom stereocenters. The molecule has 4 aromatic rings. The Kier molecular flexibility index (Phi) is 8.60. The fourth-order valence-electron chi connectivity index (χ4n) is 3.81. The number of halogens is 1. The lowest BCUT2D eigenvalue weighted by Crippen LogP contribution is -2.06. The highest BCUT2D eigenvalue weighted by molar-refractivity contribution is 5.52. The van der Waals surface area contributed by atoms with Crippen molar-refractivity contribution in [3.63, 3.8) is 0 Å². The molecule has 0 heterocycles. The van der Waals surface area contributed by atoms with Gasteiger partial charge in [0.05, 0.1) is 6.61 Å². The second-order valence-electron chi connectivity index (χ2n) is 8.22. The molecule has 4 aromatic carbocycles. The van der Waals surface area contributed by atoms with Crippen LogP contribution in [0.25, 0.3) is 0 Å². The Morgan fingerprint density at radius 2 is 1.61 bits per heavy atom. The zero-order valence-corrected chi connectivity index (χ0v) is 20.4. The lowest BCUT2D eigenvalue weighted by molar-refractivity contribution is 0.266. The average molecular weight is 484 g/mol. The van der Waals surface area contributed by atoms with Gasteiger partial charge < -0.3 is 19.5 Å². The zero-order valence-electron chi connectivity index (χ0n) is 20.4. The van der Waals surface area contributed by atoms with Crippen molar-refractivity contribution in [3.8, 4) is 23.0 Å². The predicted octanol–water partition coefficient (Wildman–Crippen LogP) is 7.94. The summed E-state index contributed by atoms with van der Waals surface area (Å²) < 4.78 is 31.5. The number of nitrogens with one attached hydrogen (secondary N) is 1. The van der Waals surface area contributed by atoms with Crippen LogP contribution in [0.4, 0.5) is 10.1 Å². The van der Waals surface area contributed by atoms with Crippen LogP contribution in [0.5, 0.6) is 23.0 Å². The molecule has 0 unspecified atom stereocenters. The third-order valence-electron chi connectivity index (χ3n) is 5.46. The Bertz CT molecular complexity index is 1270. The highest BCUT2D eigenvalue weighted by Crippen LogP contribution is 2.35. The van der Waals surface area contributed by atoms with Gasteiger partial charge in [-0.1, -0.05) is 36.4 Å². The van der Waals surface area contributed by atoms with Gasteiger partial charge >= 0.3 is 0 Å². The smallest absolute Gasteiger partial charge is 0.165 e. The van der Waals surface area contributed by atoms with Crippen LogP contribution in [0, 0.1) is 5.82 Å². The first-order chi connectivity index (χ1) is 17.6. The summed E-state index contributed by atoms with van der Waals surface area (Å²) in [6, 6.07) is 28.0. The molecule has 0 aliphatic carbocycles. The van der Waals surface area contributed by atoms with Gasteiger partial charge in [-0.15, -0.1) is 6.58 Å². The summed E-state index contributed by atoms with van der Waals surface area (Å²) in [7, 11) is 0. The van der Waals surface area contributed by atoms with E-state index in [9.17, 15) is 4.39 Å². The highest BCUT2D eigenvalue weighted by Gasteiger charge is 2.14. The summed E-state index contributed by atoms with van der Waals surface area (Å²) in [4.78, 5) is 0. The van der Waals surface area contributed by atoms with Gasteiger partial charge in [-0.25, -0.2) is 4.39 Å². The largest absolute Gasteiger partial charge is 0.490 e. The third-order valence-corrected chi connectivity index (χ3v) is 5.46. The summed E-state index contributed by atoms with van der Waals surface area (Å²) in [5, 5.41) is 3.45. The summed E-state index contributed by atoms with van der Waals surface area (Å²) >= 11 is 0. The fraction of sp³-hybridized carbons (Fsp3) is 0.161. The van der Waals surface area contributed by atoms with Crippen LogP contribution in [0.15, 0.2) is 104 Å². The second kappa shape index (κ2) is 12.5. The minimum Gasteiger partial charge on any atom is -0.490 e. The van der Waals surface area contributed by atoms with E-state index >= 15 is 0 Å². The number of ether oxygens (including phenoxy) is 3. The Balaban J connectivity index is 1.46. The number of para-hydroxylation sites is 1. The lowest BCUT2D eigenvalue weighted by Gasteiger charge is -2.18. The Hall–Kier alpha value is -4.25. The van der Waals surface area contributed by atoms with Crippen molar-refractivity contribution in [3.05, 3.63) is 126 Å². The molecular formula is C31H30FNO3. The number of allylic oxidation sites excluding steroid dienone is 1. The molecule has 0 amide bonds.